The van der Waals surface area contributed by atoms with Gasteiger partial charge in [0, 0.05) is 24.7 Å². The Morgan fingerprint density at radius 3 is 2.68 bits per heavy atom. The summed E-state index contributed by atoms with van der Waals surface area (Å²) in [5.74, 6) is -0.357. The van der Waals surface area contributed by atoms with Crippen molar-refractivity contribution in [2.75, 3.05) is 19.6 Å². The molecule has 28 heavy (non-hydrogen) atoms. The number of piperidine rings is 1. The van der Waals surface area contributed by atoms with Crippen LogP contribution in [-0.4, -0.2) is 38.3 Å². The average Bonchev–Trinajstić information content (AvgIpc) is 2.70. The van der Waals surface area contributed by atoms with Crippen molar-refractivity contribution in [2.45, 2.75) is 50.7 Å². The van der Waals surface area contributed by atoms with Crippen LogP contribution in [0.2, 0.25) is 5.02 Å². The predicted molar refractivity (Wildman–Crippen MR) is 113 cm³/mol. The van der Waals surface area contributed by atoms with Crippen LogP contribution in [0.4, 0.5) is 0 Å². The first-order valence-electron chi connectivity index (χ1n) is 10.1. The topological polar surface area (TPSA) is 66.5 Å². The second kappa shape index (κ2) is 9.90. The second-order valence-electron chi connectivity index (χ2n) is 7.73. The van der Waals surface area contributed by atoms with Crippen molar-refractivity contribution < 1.29 is 13.2 Å². The lowest BCUT2D eigenvalue weighted by molar-refractivity contribution is -0.126. The molecule has 7 heteroatoms. The molecule has 0 saturated carbocycles. The van der Waals surface area contributed by atoms with E-state index in [-0.39, 0.29) is 24.1 Å². The van der Waals surface area contributed by atoms with Gasteiger partial charge < -0.3 is 5.32 Å². The molecule has 1 aromatic rings. The van der Waals surface area contributed by atoms with Crippen molar-refractivity contribution in [3.05, 3.63) is 46.5 Å². The Balaban J connectivity index is 1.51. The Kier molecular flexibility index (Phi) is 7.55. The fourth-order valence-electron chi connectivity index (χ4n) is 3.91. The number of carbonyl (C=O) groups excluding carboxylic acids is 1. The molecule has 1 N–H and O–H groups in total. The number of nitrogens with zero attached hydrogens (tertiary/aromatic N) is 1. The van der Waals surface area contributed by atoms with Gasteiger partial charge in [-0.3, -0.25) is 4.79 Å². The zero-order valence-corrected chi connectivity index (χ0v) is 17.8. The van der Waals surface area contributed by atoms with Gasteiger partial charge in [-0.1, -0.05) is 35.4 Å². The highest BCUT2D eigenvalue weighted by Crippen LogP contribution is 2.23. The summed E-state index contributed by atoms with van der Waals surface area (Å²) in [7, 11) is -3.45. The lowest BCUT2D eigenvalue weighted by atomic mass is 9.96. The molecule has 0 radical (unpaired) electrons. The summed E-state index contributed by atoms with van der Waals surface area (Å²) in [4.78, 5) is 12.5. The Labute approximate surface area is 173 Å². The van der Waals surface area contributed by atoms with Gasteiger partial charge in [-0.05, 0) is 62.6 Å². The van der Waals surface area contributed by atoms with E-state index < -0.39 is 10.0 Å². The molecule has 1 heterocycles. The van der Waals surface area contributed by atoms with Gasteiger partial charge in [-0.2, -0.15) is 0 Å². The molecule has 0 spiro atoms. The molecule has 154 valence electrons. The van der Waals surface area contributed by atoms with E-state index in [1.54, 1.807) is 24.3 Å². The molecular formula is C21H29ClN2O3S. The summed E-state index contributed by atoms with van der Waals surface area (Å²) in [6.07, 6.45) is 9.42. The molecule has 5 nitrogen and oxygen atoms in total. The number of sulfonamides is 1. The Bertz CT molecular complexity index is 805. The standard InChI is InChI=1S/C21H29ClN2O3S/c22-20-10-8-18(9-11-20)16-28(26,27)24-14-4-7-19(15-24)21(25)23-13-12-17-5-2-1-3-6-17/h5,8-11,19H,1-4,6-7,12-16H2,(H,23,25)/t19-/m0/s1. The molecule has 1 amide bonds. The molecule has 0 unspecified atom stereocenters. The van der Waals surface area contributed by atoms with E-state index in [1.807, 2.05) is 0 Å². The van der Waals surface area contributed by atoms with Crippen LogP contribution in [0.15, 0.2) is 35.9 Å². The highest BCUT2D eigenvalue weighted by molar-refractivity contribution is 7.88. The quantitative estimate of drug-likeness (QED) is 0.675. The van der Waals surface area contributed by atoms with Gasteiger partial charge in [0.2, 0.25) is 15.9 Å². The third kappa shape index (κ3) is 6.06. The van der Waals surface area contributed by atoms with E-state index in [9.17, 15) is 13.2 Å². The van der Waals surface area contributed by atoms with Crippen molar-refractivity contribution in [1.29, 1.82) is 0 Å². The number of nitrogens with one attached hydrogen (secondary N) is 1. The Morgan fingerprint density at radius 1 is 1.18 bits per heavy atom. The third-order valence-corrected chi connectivity index (χ3v) is 7.61. The molecular weight excluding hydrogens is 396 g/mol. The number of benzene rings is 1. The van der Waals surface area contributed by atoms with Gasteiger partial charge in [-0.15, -0.1) is 0 Å². The summed E-state index contributed by atoms with van der Waals surface area (Å²) in [5.41, 5.74) is 2.14. The molecule has 1 aliphatic heterocycles. The largest absolute Gasteiger partial charge is 0.356 e. The average molecular weight is 425 g/mol. The first kappa shape index (κ1) is 21.3. The lowest BCUT2D eigenvalue weighted by Crippen LogP contribution is -2.45. The molecule has 2 aliphatic rings. The zero-order valence-electron chi connectivity index (χ0n) is 16.2. The smallest absolute Gasteiger partial charge is 0.224 e. The van der Waals surface area contributed by atoms with Crippen LogP contribution in [0.5, 0.6) is 0 Å². The number of hydrogen-bond acceptors (Lipinski definition) is 3. The van der Waals surface area contributed by atoms with Gasteiger partial charge in [0.1, 0.15) is 0 Å². The van der Waals surface area contributed by atoms with E-state index in [0.717, 1.165) is 25.7 Å². The van der Waals surface area contributed by atoms with Gasteiger partial charge in [0.15, 0.2) is 0 Å². The van der Waals surface area contributed by atoms with E-state index in [4.69, 9.17) is 11.6 Å². The first-order chi connectivity index (χ1) is 13.4. The minimum absolute atomic E-state index is 0.0252. The van der Waals surface area contributed by atoms with E-state index in [0.29, 0.717) is 30.1 Å². The van der Waals surface area contributed by atoms with E-state index in [1.165, 1.54) is 22.7 Å². The number of allylic oxidation sites excluding steroid dienone is 1. The van der Waals surface area contributed by atoms with Crippen molar-refractivity contribution in [1.82, 2.24) is 9.62 Å². The molecule has 1 aromatic carbocycles. The van der Waals surface area contributed by atoms with Crippen LogP contribution in [-0.2, 0) is 20.6 Å². The van der Waals surface area contributed by atoms with Crippen LogP contribution in [0.3, 0.4) is 0 Å². The molecule has 0 bridgehead atoms. The van der Waals surface area contributed by atoms with Gasteiger partial charge >= 0.3 is 0 Å². The summed E-state index contributed by atoms with van der Waals surface area (Å²) in [6.45, 7) is 1.38. The highest BCUT2D eigenvalue weighted by atomic mass is 35.5. The van der Waals surface area contributed by atoms with Crippen molar-refractivity contribution in [3.63, 3.8) is 0 Å². The van der Waals surface area contributed by atoms with Crippen LogP contribution in [0.25, 0.3) is 0 Å². The van der Waals surface area contributed by atoms with Gasteiger partial charge in [-0.25, -0.2) is 12.7 Å². The molecule has 3 rings (SSSR count). The Hall–Kier alpha value is -1.37. The fraction of sp³-hybridized carbons (Fsp3) is 0.571. The van der Waals surface area contributed by atoms with E-state index in [2.05, 4.69) is 11.4 Å². The normalized spacial score (nSPS) is 21.2. The van der Waals surface area contributed by atoms with E-state index >= 15 is 0 Å². The van der Waals surface area contributed by atoms with Gasteiger partial charge in [0.05, 0.1) is 11.7 Å². The van der Waals surface area contributed by atoms with Crippen molar-refractivity contribution in [2.24, 2.45) is 5.92 Å². The van der Waals surface area contributed by atoms with Crippen LogP contribution in [0.1, 0.15) is 50.5 Å². The second-order valence-corrected chi connectivity index (χ2v) is 10.1. The van der Waals surface area contributed by atoms with Crippen LogP contribution in [0, 0.1) is 5.92 Å². The molecule has 1 atom stereocenters. The van der Waals surface area contributed by atoms with Crippen LogP contribution < -0.4 is 5.32 Å². The van der Waals surface area contributed by atoms with Crippen LogP contribution >= 0.6 is 11.6 Å². The number of hydrogen-bond donors (Lipinski definition) is 1. The number of carbonyl (C=O) groups is 1. The molecule has 1 fully saturated rings. The zero-order chi connectivity index (χ0) is 20.0. The maximum atomic E-state index is 12.8. The third-order valence-electron chi connectivity index (χ3n) is 5.54. The maximum absolute atomic E-state index is 12.8. The minimum atomic E-state index is -3.45. The predicted octanol–water partition coefficient (Wildman–Crippen LogP) is 3.89. The Morgan fingerprint density at radius 2 is 1.96 bits per heavy atom. The summed E-state index contributed by atoms with van der Waals surface area (Å²) >= 11 is 5.87. The summed E-state index contributed by atoms with van der Waals surface area (Å²) in [5, 5.41) is 3.59. The van der Waals surface area contributed by atoms with Crippen molar-refractivity contribution >= 4 is 27.5 Å². The fourth-order valence-corrected chi connectivity index (χ4v) is 5.65. The monoisotopic (exact) mass is 424 g/mol. The number of amides is 1. The number of rotatable bonds is 7. The van der Waals surface area contributed by atoms with Crippen molar-refractivity contribution in [3.8, 4) is 0 Å². The number of halogens is 1. The molecule has 0 aromatic heterocycles. The lowest BCUT2D eigenvalue weighted by Gasteiger charge is -2.31. The SMILES string of the molecule is O=C(NCCC1=CCCCC1)[C@H]1CCCN(S(=O)(=O)Cc2ccc(Cl)cc2)C1. The summed E-state index contributed by atoms with van der Waals surface area (Å²) in [6, 6.07) is 6.85. The summed E-state index contributed by atoms with van der Waals surface area (Å²) < 4.78 is 27.0. The minimum Gasteiger partial charge on any atom is -0.356 e. The first-order valence-corrected chi connectivity index (χ1v) is 12.1. The molecule has 1 aliphatic carbocycles. The van der Waals surface area contributed by atoms with Gasteiger partial charge in [0.25, 0.3) is 0 Å². The maximum Gasteiger partial charge on any atom is 0.224 e. The highest BCUT2D eigenvalue weighted by Gasteiger charge is 2.32. The molecule has 1 saturated heterocycles.